The smallest absolute Gasteiger partial charge is 0.256 e. The van der Waals surface area contributed by atoms with Crippen molar-refractivity contribution in [3.63, 3.8) is 0 Å². The summed E-state index contributed by atoms with van der Waals surface area (Å²) in [6.07, 6.45) is 5.49. The second-order valence-electron chi connectivity index (χ2n) is 3.38. The highest BCUT2D eigenvalue weighted by Crippen LogP contribution is 2.18. The minimum Gasteiger partial charge on any atom is -0.348 e. The molecule has 16 heavy (non-hydrogen) atoms. The first-order chi connectivity index (χ1) is 7.56. The molecule has 1 N–H and O–H groups in total. The average Bonchev–Trinajstić information content (AvgIpc) is 2.17. The van der Waals surface area contributed by atoms with E-state index in [0.29, 0.717) is 6.42 Å². The van der Waals surface area contributed by atoms with Crippen LogP contribution in [0, 0.1) is 18.2 Å². The number of carbonyl (C=O) groups excluding carboxylic acids is 1. The number of benzene rings is 1. The minimum absolute atomic E-state index is 0.0883. The zero-order valence-corrected chi connectivity index (χ0v) is 9.51. The Balaban J connectivity index is 2.85. The molecule has 1 rings (SSSR count). The Morgan fingerprint density at radius 1 is 1.69 bits per heavy atom. The zero-order valence-electron chi connectivity index (χ0n) is 8.76. The zero-order chi connectivity index (χ0) is 12.1. The molecule has 0 aliphatic rings. The molecule has 2 nitrogen and oxygen atoms in total. The van der Waals surface area contributed by atoms with Crippen molar-refractivity contribution >= 4 is 17.5 Å². The van der Waals surface area contributed by atoms with E-state index in [4.69, 9.17) is 18.0 Å². The van der Waals surface area contributed by atoms with Crippen LogP contribution in [-0.2, 0) is 0 Å². The summed E-state index contributed by atoms with van der Waals surface area (Å²) >= 11 is 5.74. The third-order valence-corrected chi connectivity index (χ3v) is 2.31. The Morgan fingerprint density at radius 3 is 2.94 bits per heavy atom. The van der Waals surface area contributed by atoms with Gasteiger partial charge in [0.25, 0.3) is 5.91 Å². The van der Waals surface area contributed by atoms with Crippen LogP contribution in [-0.4, -0.2) is 11.9 Å². The molecule has 0 radical (unpaired) electrons. The lowest BCUT2D eigenvalue weighted by Gasteiger charge is -2.12. The Morgan fingerprint density at radius 2 is 2.38 bits per heavy atom. The molecule has 0 fully saturated rings. The predicted octanol–water partition coefficient (Wildman–Crippen LogP) is 2.62. The van der Waals surface area contributed by atoms with Crippen molar-refractivity contribution in [1.29, 1.82) is 0 Å². The Hall–Kier alpha value is -1.53. The van der Waals surface area contributed by atoms with E-state index >= 15 is 0 Å². The Kier molecular flexibility index (Phi) is 4.33. The third-order valence-electron chi connectivity index (χ3n) is 1.99. The van der Waals surface area contributed by atoms with Gasteiger partial charge in [0.05, 0.1) is 10.6 Å². The molecule has 0 bridgehead atoms. The maximum absolute atomic E-state index is 13.4. The quantitative estimate of drug-likeness (QED) is 0.808. The van der Waals surface area contributed by atoms with Gasteiger partial charge in [-0.15, -0.1) is 12.3 Å². The fourth-order valence-corrected chi connectivity index (χ4v) is 1.49. The monoisotopic (exact) mass is 239 g/mol. The number of halogens is 2. The molecule has 84 valence electrons. The molecule has 4 heteroatoms. The summed E-state index contributed by atoms with van der Waals surface area (Å²) in [5.74, 6) is 1.22. The van der Waals surface area contributed by atoms with Crippen molar-refractivity contribution in [2.45, 2.75) is 19.4 Å². The first-order valence-corrected chi connectivity index (χ1v) is 5.12. The second kappa shape index (κ2) is 5.53. The van der Waals surface area contributed by atoms with Crippen LogP contribution in [0.5, 0.6) is 0 Å². The van der Waals surface area contributed by atoms with Crippen molar-refractivity contribution in [3.05, 3.63) is 34.6 Å². The van der Waals surface area contributed by atoms with E-state index in [9.17, 15) is 9.18 Å². The van der Waals surface area contributed by atoms with E-state index in [0.717, 1.165) is 0 Å². The van der Waals surface area contributed by atoms with Crippen molar-refractivity contribution in [2.24, 2.45) is 0 Å². The number of carbonyl (C=O) groups is 1. The SMILES string of the molecule is C#CCC(C)NC(=O)c1c(F)cccc1Cl. The van der Waals surface area contributed by atoms with Crippen LogP contribution < -0.4 is 5.32 Å². The molecule has 1 aromatic rings. The van der Waals surface area contributed by atoms with Crippen LogP contribution in [0.15, 0.2) is 18.2 Å². The molecule has 0 spiro atoms. The van der Waals surface area contributed by atoms with Crippen LogP contribution in [0.25, 0.3) is 0 Å². The largest absolute Gasteiger partial charge is 0.348 e. The van der Waals surface area contributed by atoms with Crippen molar-refractivity contribution in [2.75, 3.05) is 0 Å². The van der Waals surface area contributed by atoms with Gasteiger partial charge in [-0.25, -0.2) is 4.39 Å². The summed E-state index contributed by atoms with van der Waals surface area (Å²) in [7, 11) is 0. The van der Waals surface area contributed by atoms with E-state index in [2.05, 4.69) is 11.2 Å². The van der Waals surface area contributed by atoms with Crippen molar-refractivity contribution in [3.8, 4) is 12.3 Å². The molecule has 1 atom stereocenters. The summed E-state index contributed by atoms with van der Waals surface area (Å²) in [6.45, 7) is 1.74. The van der Waals surface area contributed by atoms with E-state index in [1.165, 1.54) is 18.2 Å². The normalized spacial score (nSPS) is 11.6. The first kappa shape index (κ1) is 12.5. The van der Waals surface area contributed by atoms with Gasteiger partial charge in [0.2, 0.25) is 0 Å². The lowest BCUT2D eigenvalue weighted by atomic mass is 10.1. The van der Waals surface area contributed by atoms with E-state index in [1.54, 1.807) is 6.92 Å². The van der Waals surface area contributed by atoms with Gasteiger partial charge < -0.3 is 5.32 Å². The molecule has 1 unspecified atom stereocenters. The summed E-state index contributed by atoms with van der Waals surface area (Å²) in [6, 6.07) is 3.88. The number of hydrogen-bond acceptors (Lipinski definition) is 1. The highest BCUT2D eigenvalue weighted by Gasteiger charge is 2.16. The lowest BCUT2D eigenvalue weighted by Crippen LogP contribution is -2.33. The number of hydrogen-bond donors (Lipinski definition) is 1. The van der Waals surface area contributed by atoms with Crippen LogP contribution in [0.2, 0.25) is 5.02 Å². The van der Waals surface area contributed by atoms with Gasteiger partial charge in [0, 0.05) is 12.5 Å². The Bertz CT molecular complexity index is 419. The van der Waals surface area contributed by atoms with Crippen LogP contribution >= 0.6 is 11.6 Å². The molecule has 1 amide bonds. The maximum Gasteiger partial charge on any atom is 0.256 e. The van der Waals surface area contributed by atoms with Gasteiger partial charge in [-0.3, -0.25) is 4.79 Å². The summed E-state index contributed by atoms with van der Waals surface area (Å²) in [5.41, 5.74) is -0.145. The van der Waals surface area contributed by atoms with E-state index in [1.807, 2.05) is 0 Å². The molecular formula is C12H11ClFNO. The summed E-state index contributed by atoms with van der Waals surface area (Å²) in [5, 5.41) is 2.66. The fraction of sp³-hybridized carbons (Fsp3) is 0.250. The van der Waals surface area contributed by atoms with E-state index in [-0.39, 0.29) is 16.6 Å². The molecule has 0 saturated heterocycles. The molecule has 0 aromatic heterocycles. The number of nitrogens with one attached hydrogen (secondary N) is 1. The maximum atomic E-state index is 13.4. The van der Waals surface area contributed by atoms with Gasteiger partial charge in [-0.05, 0) is 19.1 Å². The van der Waals surface area contributed by atoms with Gasteiger partial charge in [-0.2, -0.15) is 0 Å². The van der Waals surface area contributed by atoms with Crippen molar-refractivity contribution in [1.82, 2.24) is 5.32 Å². The summed E-state index contributed by atoms with van der Waals surface area (Å²) in [4.78, 5) is 11.7. The van der Waals surface area contributed by atoms with E-state index < -0.39 is 11.7 Å². The van der Waals surface area contributed by atoms with Gasteiger partial charge in [0.1, 0.15) is 5.82 Å². The number of terminal acetylenes is 1. The topological polar surface area (TPSA) is 29.1 Å². The van der Waals surface area contributed by atoms with Gasteiger partial charge >= 0.3 is 0 Å². The molecular weight excluding hydrogens is 229 g/mol. The highest BCUT2D eigenvalue weighted by atomic mass is 35.5. The molecule has 0 heterocycles. The minimum atomic E-state index is -0.641. The Labute approximate surface area is 98.8 Å². The van der Waals surface area contributed by atoms with Crippen LogP contribution in [0.3, 0.4) is 0 Å². The number of rotatable bonds is 3. The second-order valence-corrected chi connectivity index (χ2v) is 3.79. The lowest BCUT2D eigenvalue weighted by molar-refractivity contribution is 0.0937. The number of amides is 1. The molecule has 1 aromatic carbocycles. The van der Waals surface area contributed by atoms with Gasteiger partial charge in [0.15, 0.2) is 0 Å². The third kappa shape index (κ3) is 2.98. The first-order valence-electron chi connectivity index (χ1n) is 4.74. The fourth-order valence-electron chi connectivity index (χ4n) is 1.24. The van der Waals surface area contributed by atoms with Crippen LogP contribution in [0.4, 0.5) is 4.39 Å². The van der Waals surface area contributed by atoms with Crippen LogP contribution in [0.1, 0.15) is 23.7 Å². The highest BCUT2D eigenvalue weighted by molar-refractivity contribution is 6.33. The standard InChI is InChI=1S/C12H11ClFNO/c1-3-5-8(2)15-12(16)11-9(13)6-4-7-10(11)14/h1,4,6-8H,5H2,2H3,(H,15,16). The average molecular weight is 240 g/mol. The van der Waals surface area contributed by atoms with Gasteiger partial charge in [-0.1, -0.05) is 17.7 Å². The molecule has 0 saturated carbocycles. The summed E-state index contributed by atoms with van der Waals surface area (Å²) < 4.78 is 13.4. The molecule has 0 aliphatic heterocycles. The predicted molar refractivity (Wildman–Crippen MR) is 61.8 cm³/mol. The molecule has 0 aliphatic carbocycles. The van der Waals surface area contributed by atoms with Crippen molar-refractivity contribution < 1.29 is 9.18 Å².